The molecular weight excluding hydrogens is 188 g/mol. The van der Waals surface area contributed by atoms with E-state index in [9.17, 15) is 0 Å². The fourth-order valence-electron chi connectivity index (χ4n) is 2.33. The average Bonchev–Trinajstić information content (AvgIpc) is 2.78. The number of nitrogens with zero attached hydrogens (tertiary/aromatic N) is 3. The molecule has 0 radical (unpaired) electrons. The Kier molecular flexibility index (Phi) is 3.36. The first-order chi connectivity index (χ1) is 7.33. The molecule has 1 saturated carbocycles. The number of hydrogen-bond donors (Lipinski definition) is 1. The van der Waals surface area contributed by atoms with E-state index in [0.717, 1.165) is 5.82 Å². The van der Waals surface area contributed by atoms with Crippen LogP contribution in [-0.4, -0.2) is 21.8 Å². The lowest BCUT2D eigenvalue weighted by molar-refractivity contribution is 0.338. The Bertz CT molecular complexity index is 301. The van der Waals surface area contributed by atoms with Gasteiger partial charge in [-0.05, 0) is 26.8 Å². The van der Waals surface area contributed by atoms with Crippen LogP contribution in [0.4, 0.5) is 0 Å². The van der Waals surface area contributed by atoms with Crippen molar-refractivity contribution in [1.29, 1.82) is 0 Å². The summed E-state index contributed by atoms with van der Waals surface area (Å²) in [6.07, 6.45) is 8.52. The van der Waals surface area contributed by atoms with Crippen LogP contribution in [0, 0.1) is 0 Å². The van der Waals surface area contributed by atoms with Gasteiger partial charge in [-0.25, -0.2) is 0 Å². The van der Waals surface area contributed by atoms with Crippen LogP contribution in [0.25, 0.3) is 0 Å². The molecule has 4 nitrogen and oxygen atoms in total. The number of rotatable bonds is 3. The van der Waals surface area contributed by atoms with Gasteiger partial charge in [0.05, 0.1) is 6.04 Å². The van der Waals surface area contributed by atoms with E-state index in [-0.39, 0.29) is 6.04 Å². The van der Waals surface area contributed by atoms with Gasteiger partial charge in [0, 0.05) is 6.04 Å². The van der Waals surface area contributed by atoms with Crippen molar-refractivity contribution in [2.24, 2.45) is 0 Å². The van der Waals surface area contributed by atoms with Crippen molar-refractivity contribution in [1.82, 2.24) is 20.1 Å². The van der Waals surface area contributed by atoms with E-state index >= 15 is 0 Å². The van der Waals surface area contributed by atoms with Gasteiger partial charge in [0.2, 0.25) is 0 Å². The highest BCUT2D eigenvalue weighted by Gasteiger charge is 2.20. The first-order valence-corrected chi connectivity index (χ1v) is 5.89. The third-order valence-corrected chi connectivity index (χ3v) is 3.39. The van der Waals surface area contributed by atoms with Gasteiger partial charge in [0.25, 0.3) is 0 Å². The lowest BCUT2D eigenvalue weighted by atomic mass is 9.95. The van der Waals surface area contributed by atoms with E-state index in [0.29, 0.717) is 6.04 Å². The van der Waals surface area contributed by atoms with Crippen molar-refractivity contribution < 1.29 is 0 Å². The summed E-state index contributed by atoms with van der Waals surface area (Å²) in [5.74, 6) is 1.07. The van der Waals surface area contributed by atoms with Gasteiger partial charge >= 0.3 is 0 Å². The molecule has 1 fully saturated rings. The first-order valence-electron chi connectivity index (χ1n) is 5.89. The second kappa shape index (κ2) is 4.75. The lowest BCUT2D eigenvalue weighted by Gasteiger charge is -2.25. The SMILES string of the molecule is CNC(C)c1nncn1C1CCCCC1. The summed E-state index contributed by atoms with van der Waals surface area (Å²) in [5, 5.41) is 11.5. The van der Waals surface area contributed by atoms with Crippen LogP contribution >= 0.6 is 0 Å². The van der Waals surface area contributed by atoms with Crippen molar-refractivity contribution in [3.05, 3.63) is 12.2 Å². The minimum atomic E-state index is 0.287. The molecule has 0 aromatic carbocycles. The summed E-state index contributed by atoms with van der Waals surface area (Å²) >= 11 is 0. The Morgan fingerprint density at radius 1 is 1.40 bits per heavy atom. The molecule has 0 saturated heterocycles. The molecule has 4 heteroatoms. The Balaban J connectivity index is 2.15. The molecule has 1 N–H and O–H groups in total. The van der Waals surface area contributed by atoms with Crippen LogP contribution in [0.3, 0.4) is 0 Å². The molecule has 1 heterocycles. The van der Waals surface area contributed by atoms with Gasteiger partial charge in [-0.3, -0.25) is 0 Å². The van der Waals surface area contributed by atoms with Crippen LogP contribution in [0.15, 0.2) is 6.33 Å². The van der Waals surface area contributed by atoms with Crippen LogP contribution in [0.5, 0.6) is 0 Å². The van der Waals surface area contributed by atoms with Gasteiger partial charge < -0.3 is 9.88 Å². The van der Waals surface area contributed by atoms with E-state index in [1.54, 1.807) is 0 Å². The van der Waals surface area contributed by atoms with Crippen LogP contribution in [0.1, 0.15) is 56.9 Å². The second-order valence-corrected chi connectivity index (χ2v) is 4.40. The van der Waals surface area contributed by atoms with E-state index in [2.05, 4.69) is 27.0 Å². The molecule has 0 bridgehead atoms. The molecule has 1 aromatic rings. The van der Waals surface area contributed by atoms with Crippen LogP contribution < -0.4 is 5.32 Å². The molecule has 84 valence electrons. The highest BCUT2D eigenvalue weighted by atomic mass is 15.3. The average molecular weight is 208 g/mol. The zero-order valence-electron chi connectivity index (χ0n) is 9.61. The van der Waals surface area contributed by atoms with Gasteiger partial charge in [-0.15, -0.1) is 10.2 Å². The largest absolute Gasteiger partial charge is 0.313 e. The quantitative estimate of drug-likeness (QED) is 0.826. The lowest BCUT2D eigenvalue weighted by Crippen LogP contribution is -2.21. The minimum Gasteiger partial charge on any atom is -0.313 e. The molecule has 1 atom stereocenters. The predicted octanol–water partition coefficient (Wildman–Crippen LogP) is 2.06. The molecule has 15 heavy (non-hydrogen) atoms. The third kappa shape index (κ3) is 2.20. The van der Waals surface area contributed by atoms with Gasteiger partial charge in [-0.2, -0.15) is 0 Å². The molecule has 1 aromatic heterocycles. The first kappa shape index (κ1) is 10.6. The minimum absolute atomic E-state index is 0.287. The Labute approximate surface area is 91.1 Å². The van der Waals surface area contributed by atoms with Gasteiger partial charge in [0.1, 0.15) is 12.2 Å². The van der Waals surface area contributed by atoms with E-state index in [1.165, 1.54) is 32.1 Å². The Morgan fingerprint density at radius 3 is 2.80 bits per heavy atom. The van der Waals surface area contributed by atoms with Crippen LogP contribution in [-0.2, 0) is 0 Å². The topological polar surface area (TPSA) is 42.7 Å². The standard InChI is InChI=1S/C11H20N4/c1-9(12-2)11-14-13-8-15(11)10-6-4-3-5-7-10/h8-10,12H,3-7H2,1-2H3. The van der Waals surface area contributed by atoms with Crippen molar-refractivity contribution >= 4 is 0 Å². The fourth-order valence-corrected chi connectivity index (χ4v) is 2.33. The molecule has 1 unspecified atom stereocenters. The number of aromatic nitrogens is 3. The molecule has 1 aliphatic rings. The van der Waals surface area contributed by atoms with Gasteiger partial charge in [-0.1, -0.05) is 19.3 Å². The number of nitrogens with one attached hydrogen (secondary N) is 1. The summed E-state index contributed by atoms with van der Waals surface area (Å²) in [5.41, 5.74) is 0. The monoisotopic (exact) mass is 208 g/mol. The van der Waals surface area contributed by atoms with E-state index < -0.39 is 0 Å². The maximum absolute atomic E-state index is 4.21. The van der Waals surface area contributed by atoms with Crippen LogP contribution in [0.2, 0.25) is 0 Å². The smallest absolute Gasteiger partial charge is 0.149 e. The molecular formula is C11H20N4. The second-order valence-electron chi connectivity index (χ2n) is 4.40. The Morgan fingerprint density at radius 2 is 2.13 bits per heavy atom. The zero-order chi connectivity index (χ0) is 10.7. The van der Waals surface area contributed by atoms with Crippen molar-refractivity contribution in [3.63, 3.8) is 0 Å². The maximum Gasteiger partial charge on any atom is 0.149 e. The predicted molar refractivity (Wildman–Crippen MR) is 59.6 cm³/mol. The molecule has 2 rings (SSSR count). The molecule has 0 amide bonds. The summed E-state index contributed by atoms with van der Waals surface area (Å²) in [6.45, 7) is 2.13. The highest BCUT2D eigenvalue weighted by molar-refractivity contribution is 4.96. The zero-order valence-corrected chi connectivity index (χ0v) is 9.61. The number of hydrogen-bond acceptors (Lipinski definition) is 3. The van der Waals surface area contributed by atoms with Gasteiger partial charge in [0.15, 0.2) is 0 Å². The third-order valence-electron chi connectivity index (χ3n) is 3.39. The Hall–Kier alpha value is -0.900. The summed E-state index contributed by atoms with van der Waals surface area (Å²) in [4.78, 5) is 0. The van der Waals surface area contributed by atoms with E-state index in [4.69, 9.17) is 0 Å². The van der Waals surface area contributed by atoms with E-state index in [1.807, 2.05) is 13.4 Å². The molecule has 1 aliphatic carbocycles. The van der Waals surface area contributed by atoms with Crippen molar-refractivity contribution in [3.8, 4) is 0 Å². The molecule has 0 aliphatic heterocycles. The summed E-state index contributed by atoms with van der Waals surface area (Å²) < 4.78 is 2.26. The summed E-state index contributed by atoms with van der Waals surface area (Å²) in [7, 11) is 1.96. The molecule has 0 spiro atoms. The van der Waals surface area contributed by atoms with Crippen molar-refractivity contribution in [2.75, 3.05) is 7.05 Å². The highest BCUT2D eigenvalue weighted by Crippen LogP contribution is 2.29. The maximum atomic E-state index is 4.21. The summed E-state index contributed by atoms with van der Waals surface area (Å²) in [6, 6.07) is 0.911. The fraction of sp³-hybridized carbons (Fsp3) is 0.818. The normalized spacial score (nSPS) is 20.4. The van der Waals surface area contributed by atoms with Crippen molar-refractivity contribution in [2.45, 2.75) is 51.1 Å².